The van der Waals surface area contributed by atoms with Gasteiger partial charge in [0.25, 0.3) is 0 Å². The van der Waals surface area contributed by atoms with E-state index in [0.29, 0.717) is 11.8 Å². The van der Waals surface area contributed by atoms with E-state index in [1.165, 1.54) is 32.1 Å². The minimum absolute atomic E-state index is 0.375. The van der Waals surface area contributed by atoms with E-state index in [2.05, 4.69) is 11.8 Å². The molecule has 2 rings (SSSR count). The van der Waals surface area contributed by atoms with Gasteiger partial charge >= 0.3 is 0 Å². The number of ether oxygens (including phenoxy) is 1. The summed E-state index contributed by atoms with van der Waals surface area (Å²) in [7, 11) is 1.66. The second-order valence-electron chi connectivity index (χ2n) is 5.38. The van der Waals surface area contributed by atoms with E-state index in [-0.39, 0.29) is 0 Å². The number of hydrogen-bond acceptors (Lipinski definition) is 3. The molecule has 1 fully saturated rings. The molecule has 1 heterocycles. The van der Waals surface area contributed by atoms with Gasteiger partial charge in [0.15, 0.2) is 0 Å². The number of likely N-dealkylation sites (tertiary alicyclic amines) is 1. The lowest BCUT2D eigenvalue weighted by atomic mass is 10.1. The SMILES string of the molecule is CCC1CCCCCN1Cc1cc(OC)ccc1O. The molecule has 106 valence electrons. The molecular weight excluding hydrogens is 238 g/mol. The third kappa shape index (κ3) is 3.63. The number of methoxy groups -OCH3 is 1. The van der Waals surface area contributed by atoms with Gasteiger partial charge < -0.3 is 9.84 Å². The molecule has 1 atom stereocenters. The predicted octanol–water partition coefficient (Wildman–Crippen LogP) is 3.56. The average molecular weight is 263 g/mol. The summed E-state index contributed by atoms with van der Waals surface area (Å²) >= 11 is 0. The molecular formula is C16H25NO2. The second-order valence-corrected chi connectivity index (χ2v) is 5.38. The normalized spacial score (nSPS) is 21.1. The molecule has 1 aliphatic heterocycles. The Hall–Kier alpha value is -1.22. The van der Waals surface area contributed by atoms with Gasteiger partial charge in [-0.2, -0.15) is 0 Å². The zero-order valence-corrected chi connectivity index (χ0v) is 12.1. The maximum absolute atomic E-state index is 10.0. The molecule has 3 nitrogen and oxygen atoms in total. The van der Waals surface area contributed by atoms with Gasteiger partial charge in [0.2, 0.25) is 0 Å². The van der Waals surface area contributed by atoms with Gasteiger partial charge in [0.05, 0.1) is 7.11 Å². The fraction of sp³-hybridized carbons (Fsp3) is 0.625. The van der Waals surface area contributed by atoms with Crippen molar-refractivity contribution in [3.63, 3.8) is 0 Å². The zero-order chi connectivity index (χ0) is 13.7. The lowest BCUT2D eigenvalue weighted by Gasteiger charge is -2.29. The fourth-order valence-corrected chi connectivity index (χ4v) is 2.94. The topological polar surface area (TPSA) is 32.7 Å². The Labute approximate surface area is 116 Å². The number of phenols is 1. The largest absolute Gasteiger partial charge is 0.508 e. The first-order valence-corrected chi connectivity index (χ1v) is 7.34. The van der Waals surface area contributed by atoms with Crippen molar-refractivity contribution in [1.29, 1.82) is 0 Å². The van der Waals surface area contributed by atoms with E-state index in [9.17, 15) is 5.11 Å². The molecule has 0 saturated carbocycles. The molecule has 0 radical (unpaired) electrons. The van der Waals surface area contributed by atoms with Crippen molar-refractivity contribution in [3.05, 3.63) is 23.8 Å². The maximum atomic E-state index is 10.0. The Morgan fingerprint density at radius 3 is 2.89 bits per heavy atom. The highest BCUT2D eigenvalue weighted by molar-refractivity contribution is 5.39. The van der Waals surface area contributed by atoms with Crippen molar-refractivity contribution in [2.45, 2.75) is 51.6 Å². The van der Waals surface area contributed by atoms with Crippen molar-refractivity contribution in [3.8, 4) is 11.5 Å². The van der Waals surface area contributed by atoms with Crippen LogP contribution >= 0.6 is 0 Å². The number of nitrogens with zero attached hydrogens (tertiary/aromatic N) is 1. The van der Waals surface area contributed by atoms with Crippen molar-refractivity contribution in [1.82, 2.24) is 4.90 Å². The van der Waals surface area contributed by atoms with Crippen LogP contribution < -0.4 is 4.74 Å². The van der Waals surface area contributed by atoms with Gasteiger partial charge in [-0.3, -0.25) is 4.90 Å². The van der Waals surface area contributed by atoms with Crippen molar-refractivity contribution in [2.75, 3.05) is 13.7 Å². The molecule has 1 aromatic rings. The first-order valence-electron chi connectivity index (χ1n) is 7.34. The van der Waals surface area contributed by atoms with Gasteiger partial charge in [-0.25, -0.2) is 0 Å². The molecule has 0 aliphatic carbocycles. The highest BCUT2D eigenvalue weighted by atomic mass is 16.5. The van der Waals surface area contributed by atoms with Crippen LogP contribution in [0.15, 0.2) is 18.2 Å². The maximum Gasteiger partial charge on any atom is 0.120 e. The summed E-state index contributed by atoms with van der Waals surface area (Å²) in [5.41, 5.74) is 0.972. The minimum Gasteiger partial charge on any atom is -0.508 e. The van der Waals surface area contributed by atoms with Gasteiger partial charge in [-0.15, -0.1) is 0 Å². The van der Waals surface area contributed by atoms with E-state index in [1.807, 2.05) is 6.07 Å². The Balaban J connectivity index is 2.13. The van der Waals surface area contributed by atoms with Crippen molar-refractivity contribution in [2.24, 2.45) is 0 Å². The number of rotatable bonds is 4. The van der Waals surface area contributed by atoms with Gasteiger partial charge in [-0.1, -0.05) is 19.8 Å². The van der Waals surface area contributed by atoms with E-state index in [0.717, 1.165) is 24.4 Å². The standard InChI is InChI=1S/C16H25NO2/c1-3-14-7-5-4-6-10-17(14)12-13-11-15(19-2)8-9-16(13)18/h8-9,11,14,18H,3-7,10,12H2,1-2H3. The Bertz CT molecular complexity index is 406. The summed E-state index contributed by atoms with van der Waals surface area (Å²) in [5.74, 6) is 1.19. The van der Waals surface area contributed by atoms with Crippen LogP contribution in [0, 0.1) is 0 Å². The summed E-state index contributed by atoms with van der Waals surface area (Å²) in [5, 5.41) is 10.0. The minimum atomic E-state index is 0.375. The number of hydrogen-bond donors (Lipinski definition) is 1. The molecule has 1 saturated heterocycles. The van der Waals surface area contributed by atoms with Gasteiger partial charge in [-0.05, 0) is 44.0 Å². The molecule has 1 unspecified atom stereocenters. The van der Waals surface area contributed by atoms with E-state index >= 15 is 0 Å². The van der Waals surface area contributed by atoms with Gasteiger partial charge in [0, 0.05) is 18.2 Å². The summed E-state index contributed by atoms with van der Waals surface area (Å²) < 4.78 is 5.25. The van der Waals surface area contributed by atoms with Crippen LogP contribution in [0.4, 0.5) is 0 Å². The van der Waals surface area contributed by atoms with E-state index in [4.69, 9.17) is 4.74 Å². The molecule has 3 heteroatoms. The molecule has 1 aliphatic rings. The van der Waals surface area contributed by atoms with Crippen LogP contribution in [0.25, 0.3) is 0 Å². The molecule has 19 heavy (non-hydrogen) atoms. The number of phenolic OH excluding ortho intramolecular Hbond substituents is 1. The molecule has 1 N–H and O–H groups in total. The zero-order valence-electron chi connectivity index (χ0n) is 12.1. The van der Waals surface area contributed by atoms with E-state index < -0.39 is 0 Å². The second kappa shape index (κ2) is 6.80. The Morgan fingerprint density at radius 2 is 2.16 bits per heavy atom. The molecule has 0 bridgehead atoms. The van der Waals surface area contributed by atoms with Crippen LogP contribution in [0.3, 0.4) is 0 Å². The van der Waals surface area contributed by atoms with Crippen LogP contribution in [-0.2, 0) is 6.54 Å². The van der Waals surface area contributed by atoms with Crippen molar-refractivity contribution >= 4 is 0 Å². The first-order chi connectivity index (χ1) is 9.24. The molecule has 0 amide bonds. The summed E-state index contributed by atoms with van der Waals surface area (Å²) in [6.07, 6.45) is 6.39. The molecule has 0 aromatic heterocycles. The third-order valence-electron chi connectivity index (χ3n) is 4.13. The quantitative estimate of drug-likeness (QED) is 0.901. The summed E-state index contributed by atoms with van der Waals surface area (Å²) in [4.78, 5) is 2.52. The molecule has 0 spiro atoms. The van der Waals surface area contributed by atoms with E-state index in [1.54, 1.807) is 19.2 Å². The number of aromatic hydroxyl groups is 1. The highest BCUT2D eigenvalue weighted by Crippen LogP contribution is 2.27. The predicted molar refractivity (Wildman–Crippen MR) is 77.6 cm³/mol. The summed E-state index contributed by atoms with van der Waals surface area (Å²) in [6.45, 7) is 4.21. The lowest BCUT2D eigenvalue weighted by molar-refractivity contribution is 0.184. The number of benzene rings is 1. The van der Waals surface area contributed by atoms with Crippen LogP contribution in [-0.4, -0.2) is 29.7 Å². The van der Waals surface area contributed by atoms with Crippen molar-refractivity contribution < 1.29 is 9.84 Å². The van der Waals surface area contributed by atoms with Crippen LogP contribution in [0.2, 0.25) is 0 Å². The summed E-state index contributed by atoms with van der Waals surface area (Å²) in [6, 6.07) is 6.13. The van der Waals surface area contributed by atoms with Gasteiger partial charge in [0.1, 0.15) is 11.5 Å². The fourth-order valence-electron chi connectivity index (χ4n) is 2.94. The van der Waals surface area contributed by atoms with Crippen LogP contribution in [0.5, 0.6) is 11.5 Å². The molecule has 1 aromatic carbocycles. The first kappa shape index (κ1) is 14.2. The van der Waals surface area contributed by atoms with Crippen LogP contribution in [0.1, 0.15) is 44.6 Å². The average Bonchev–Trinajstić information content (AvgIpc) is 2.66. The third-order valence-corrected chi connectivity index (χ3v) is 4.13. The highest BCUT2D eigenvalue weighted by Gasteiger charge is 2.20. The Kier molecular flexibility index (Phi) is 5.08. The Morgan fingerprint density at radius 1 is 1.32 bits per heavy atom. The monoisotopic (exact) mass is 263 g/mol. The lowest BCUT2D eigenvalue weighted by Crippen LogP contribution is -2.33. The smallest absolute Gasteiger partial charge is 0.120 e.